The van der Waals surface area contributed by atoms with Crippen LogP contribution in [0.25, 0.3) is 0 Å². The molecule has 1 saturated heterocycles. The van der Waals surface area contributed by atoms with Crippen molar-refractivity contribution in [3.05, 3.63) is 35.9 Å². The average Bonchev–Trinajstić information content (AvgIpc) is 3.28. The number of carbonyl (C=O) groups excluding carboxylic acids is 1. The van der Waals surface area contributed by atoms with E-state index in [4.69, 9.17) is 4.99 Å². The van der Waals surface area contributed by atoms with Crippen LogP contribution in [0, 0.1) is 11.8 Å². The van der Waals surface area contributed by atoms with E-state index in [1.807, 2.05) is 18.7 Å². The van der Waals surface area contributed by atoms with Gasteiger partial charge in [0.15, 0.2) is 5.96 Å². The van der Waals surface area contributed by atoms with E-state index in [9.17, 15) is 4.79 Å². The highest BCUT2D eigenvalue weighted by Crippen LogP contribution is 2.47. The first-order chi connectivity index (χ1) is 12.6. The van der Waals surface area contributed by atoms with Crippen LogP contribution >= 0.6 is 0 Å². The van der Waals surface area contributed by atoms with Crippen molar-refractivity contribution in [2.45, 2.75) is 45.6 Å². The van der Waals surface area contributed by atoms with Crippen molar-refractivity contribution in [2.75, 3.05) is 26.2 Å². The fraction of sp³-hybridized carbons (Fsp3) is 0.619. The third-order valence-corrected chi connectivity index (χ3v) is 5.31. The molecule has 1 amide bonds. The first-order valence-electron chi connectivity index (χ1n) is 9.97. The molecule has 0 bridgehead atoms. The molecule has 2 fully saturated rings. The van der Waals surface area contributed by atoms with E-state index in [-0.39, 0.29) is 11.8 Å². The molecule has 26 heavy (non-hydrogen) atoms. The second-order valence-corrected chi connectivity index (χ2v) is 7.80. The number of aliphatic imine (C=N–C) groups is 1. The second kappa shape index (κ2) is 8.56. The van der Waals surface area contributed by atoms with Gasteiger partial charge in [0.2, 0.25) is 5.91 Å². The lowest BCUT2D eigenvalue weighted by atomic mass is 10.1. The van der Waals surface area contributed by atoms with Crippen LogP contribution in [-0.4, -0.2) is 49.0 Å². The Bertz CT molecular complexity index is 628. The SMILES string of the molecule is CCNC(=NCC1CC1c1ccccc1)NC1CCN(C(=O)C(C)C)C1. The Balaban J connectivity index is 1.50. The van der Waals surface area contributed by atoms with Gasteiger partial charge in [0.05, 0.1) is 0 Å². The van der Waals surface area contributed by atoms with Gasteiger partial charge in [0, 0.05) is 38.1 Å². The molecule has 1 saturated carbocycles. The van der Waals surface area contributed by atoms with Gasteiger partial charge in [-0.3, -0.25) is 9.79 Å². The summed E-state index contributed by atoms with van der Waals surface area (Å²) in [7, 11) is 0. The van der Waals surface area contributed by atoms with Crippen LogP contribution in [0.4, 0.5) is 0 Å². The minimum absolute atomic E-state index is 0.0699. The van der Waals surface area contributed by atoms with Crippen LogP contribution in [-0.2, 0) is 4.79 Å². The number of hydrogen-bond acceptors (Lipinski definition) is 2. The van der Waals surface area contributed by atoms with Gasteiger partial charge in [-0.15, -0.1) is 0 Å². The summed E-state index contributed by atoms with van der Waals surface area (Å²) in [6.07, 6.45) is 2.21. The highest BCUT2D eigenvalue weighted by Gasteiger charge is 2.38. The van der Waals surface area contributed by atoms with E-state index in [1.54, 1.807) is 0 Å². The number of benzene rings is 1. The zero-order valence-corrected chi connectivity index (χ0v) is 16.2. The molecule has 3 atom stereocenters. The monoisotopic (exact) mass is 356 g/mol. The minimum Gasteiger partial charge on any atom is -0.357 e. The van der Waals surface area contributed by atoms with E-state index < -0.39 is 0 Å². The van der Waals surface area contributed by atoms with E-state index in [1.165, 1.54) is 12.0 Å². The molecule has 1 aliphatic heterocycles. The van der Waals surface area contributed by atoms with Crippen LogP contribution in [0.3, 0.4) is 0 Å². The van der Waals surface area contributed by atoms with Gasteiger partial charge in [-0.1, -0.05) is 44.2 Å². The van der Waals surface area contributed by atoms with Crippen molar-refractivity contribution in [3.63, 3.8) is 0 Å². The summed E-state index contributed by atoms with van der Waals surface area (Å²) in [5.41, 5.74) is 1.43. The largest absolute Gasteiger partial charge is 0.357 e. The Labute approximate surface area is 157 Å². The number of guanidine groups is 1. The van der Waals surface area contributed by atoms with E-state index in [0.29, 0.717) is 17.9 Å². The molecule has 0 radical (unpaired) electrons. The van der Waals surface area contributed by atoms with E-state index in [0.717, 1.165) is 38.6 Å². The van der Waals surface area contributed by atoms with E-state index in [2.05, 4.69) is 47.9 Å². The van der Waals surface area contributed by atoms with Gasteiger partial charge >= 0.3 is 0 Å². The van der Waals surface area contributed by atoms with Crippen LogP contribution in [0.5, 0.6) is 0 Å². The summed E-state index contributed by atoms with van der Waals surface area (Å²) < 4.78 is 0. The number of rotatable bonds is 6. The lowest BCUT2D eigenvalue weighted by Gasteiger charge is -2.20. The van der Waals surface area contributed by atoms with E-state index >= 15 is 0 Å². The fourth-order valence-electron chi connectivity index (χ4n) is 3.72. The molecule has 2 N–H and O–H groups in total. The van der Waals surface area contributed by atoms with Crippen LogP contribution in [0.2, 0.25) is 0 Å². The third-order valence-electron chi connectivity index (χ3n) is 5.31. The zero-order chi connectivity index (χ0) is 18.5. The van der Waals surface area contributed by atoms with Crippen molar-refractivity contribution in [2.24, 2.45) is 16.8 Å². The normalized spacial score (nSPS) is 25.5. The molecule has 5 heteroatoms. The van der Waals surface area contributed by atoms with Crippen molar-refractivity contribution < 1.29 is 4.79 Å². The maximum absolute atomic E-state index is 12.1. The Kier molecular flexibility index (Phi) is 6.17. The number of carbonyl (C=O) groups is 1. The predicted octanol–water partition coefficient (Wildman–Crippen LogP) is 2.60. The van der Waals surface area contributed by atoms with Gasteiger partial charge in [-0.2, -0.15) is 0 Å². The highest BCUT2D eigenvalue weighted by atomic mass is 16.2. The molecule has 3 rings (SSSR count). The first kappa shape index (κ1) is 18.7. The van der Waals surface area contributed by atoms with Crippen LogP contribution in [0.15, 0.2) is 35.3 Å². The Hall–Kier alpha value is -2.04. The fourth-order valence-corrected chi connectivity index (χ4v) is 3.72. The molecule has 2 aliphatic rings. The standard InChI is InChI=1S/C21H32N4O/c1-4-22-21(24-18-10-11-25(14-18)20(26)15(2)3)23-13-17-12-19(17)16-8-6-5-7-9-16/h5-9,15,17-19H,4,10-14H2,1-3H3,(H2,22,23,24). The number of likely N-dealkylation sites (tertiary alicyclic amines) is 1. The van der Waals surface area contributed by atoms with Crippen molar-refractivity contribution in [1.82, 2.24) is 15.5 Å². The minimum atomic E-state index is 0.0699. The van der Waals surface area contributed by atoms with Gasteiger partial charge < -0.3 is 15.5 Å². The molecule has 5 nitrogen and oxygen atoms in total. The maximum atomic E-state index is 12.1. The number of amides is 1. The van der Waals surface area contributed by atoms with Crippen molar-refractivity contribution >= 4 is 11.9 Å². The average molecular weight is 357 g/mol. The second-order valence-electron chi connectivity index (χ2n) is 7.80. The molecule has 1 aromatic rings. The van der Waals surface area contributed by atoms with Crippen LogP contribution in [0.1, 0.15) is 45.1 Å². The molecular weight excluding hydrogens is 324 g/mol. The lowest BCUT2D eigenvalue weighted by Crippen LogP contribution is -2.45. The third kappa shape index (κ3) is 4.77. The molecule has 1 heterocycles. The molecule has 0 spiro atoms. The van der Waals surface area contributed by atoms with Gasteiger partial charge in [-0.05, 0) is 37.2 Å². The quantitative estimate of drug-likeness (QED) is 0.608. The Morgan fingerprint density at radius 3 is 2.77 bits per heavy atom. The first-order valence-corrected chi connectivity index (χ1v) is 9.97. The van der Waals surface area contributed by atoms with Crippen molar-refractivity contribution in [3.8, 4) is 0 Å². The molecule has 0 aromatic heterocycles. The smallest absolute Gasteiger partial charge is 0.225 e. The molecule has 1 aliphatic carbocycles. The van der Waals surface area contributed by atoms with Gasteiger partial charge in [-0.25, -0.2) is 0 Å². The Morgan fingerprint density at radius 1 is 1.31 bits per heavy atom. The summed E-state index contributed by atoms with van der Waals surface area (Å²) in [5, 5.41) is 6.87. The number of nitrogens with one attached hydrogen (secondary N) is 2. The highest BCUT2D eigenvalue weighted by molar-refractivity contribution is 5.81. The lowest BCUT2D eigenvalue weighted by molar-refractivity contribution is -0.133. The number of hydrogen-bond donors (Lipinski definition) is 2. The van der Waals surface area contributed by atoms with Gasteiger partial charge in [0.1, 0.15) is 0 Å². The predicted molar refractivity (Wildman–Crippen MR) is 106 cm³/mol. The Morgan fingerprint density at radius 2 is 2.08 bits per heavy atom. The topological polar surface area (TPSA) is 56.7 Å². The molecule has 1 aromatic carbocycles. The van der Waals surface area contributed by atoms with Crippen LogP contribution < -0.4 is 10.6 Å². The van der Waals surface area contributed by atoms with Gasteiger partial charge in [0.25, 0.3) is 0 Å². The number of nitrogens with zero attached hydrogens (tertiary/aromatic N) is 2. The summed E-state index contributed by atoms with van der Waals surface area (Å²) in [6, 6.07) is 11.0. The molecule has 142 valence electrons. The molecular formula is C21H32N4O. The molecule has 3 unspecified atom stereocenters. The summed E-state index contributed by atoms with van der Waals surface area (Å²) in [5.74, 6) is 2.51. The summed E-state index contributed by atoms with van der Waals surface area (Å²) >= 11 is 0. The summed E-state index contributed by atoms with van der Waals surface area (Å²) in [6.45, 7) is 9.34. The zero-order valence-electron chi connectivity index (χ0n) is 16.2. The maximum Gasteiger partial charge on any atom is 0.225 e. The summed E-state index contributed by atoms with van der Waals surface area (Å²) in [4.78, 5) is 18.9. The van der Waals surface area contributed by atoms with Crippen molar-refractivity contribution in [1.29, 1.82) is 0 Å².